The number of nitrogens with one attached hydrogen (secondary N) is 2. The Morgan fingerprint density at radius 3 is 2.77 bits per heavy atom. The molecule has 4 rings (SSSR count). The number of pyridine rings is 1. The normalized spacial score (nSPS) is 11.0. The molecule has 0 spiro atoms. The number of hydrogen-bond acceptors (Lipinski definition) is 3. The van der Waals surface area contributed by atoms with Gasteiger partial charge >= 0.3 is 0 Å². The third kappa shape index (κ3) is 3.32. The number of carbonyl (C=O) groups excluding carboxylic acids is 1. The van der Waals surface area contributed by atoms with Crippen LogP contribution in [0.1, 0.15) is 16.1 Å². The lowest BCUT2D eigenvalue weighted by molar-refractivity contribution is 0.0953. The zero-order chi connectivity index (χ0) is 17.9. The van der Waals surface area contributed by atoms with Gasteiger partial charge in [-0.15, -0.1) is 0 Å². The third-order valence-electron chi connectivity index (χ3n) is 4.09. The van der Waals surface area contributed by atoms with Crippen LogP contribution in [0.2, 0.25) is 0 Å². The molecule has 0 atom stereocenters. The van der Waals surface area contributed by atoms with Crippen molar-refractivity contribution in [3.63, 3.8) is 0 Å². The van der Waals surface area contributed by atoms with Gasteiger partial charge in [-0.05, 0) is 36.4 Å². The van der Waals surface area contributed by atoms with Crippen LogP contribution in [0.4, 0.5) is 4.39 Å². The van der Waals surface area contributed by atoms with Crippen LogP contribution in [-0.2, 0) is 6.42 Å². The first-order chi connectivity index (χ1) is 12.7. The fraction of sp³-hybridized carbons (Fsp3) is 0.105. The van der Waals surface area contributed by atoms with E-state index in [-0.39, 0.29) is 11.7 Å². The average molecular weight is 349 g/mol. The van der Waals surface area contributed by atoms with Crippen LogP contribution < -0.4 is 5.32 Å². The summed E-state index contributed by atoms with van der Waals surface area (Å²) in [7, 11) is 0. The monoisotopic (exact) mass is 349 g/mol. The molecule has 1 amide bonds. The molecule has 0 aliphatic rings. The maximum atomic E-state index is 13.1. The number of carbonyl (C=O) groups is 1. The molecule has 0 fully saturated rings. The molecule has 0 saturated carbocycles. The first-order valence-electron chi connectivity index (χ1n) is 8.19. The second kappa shape index (κ2) is 6.79. The molecule has 0 aliphatic heterocycles. The Balaban J connectivity index is 1.49. The molecule has 0 unspecified atom stereocenters. The minimum atomic E-state index is -0.286. The van der Waals surface area contributed by atoms with E-state index in [9.17, 15) is 9.18 Å². The molecule has 0 aliphatic carbocycles. The molecule has 0 radical (unpaired) electrons. The van der Waals surface area contributed by atoms with E-state index >= 15 is 0 Å². The van der Waals surface area contributed by atoms with Crippen LogP contribution in [0.15, 0.2) is 61.3 Å². The highest BCUT2D eigenvalue weighted by atomic mass is 19.1. The van der Waals surface area contributed by atoms with Crippen LogP contribution in [0.3, 0.4) is 0 Å². The minimum Gasteiger partial charge on any atom is -0.352 e. The molecule has 3 heterocycles. The van der Waals surface area contributed by atoms with Crippen molar-refractivity contribution < 1.29 is 9.18 Å². The lowest BCUT2D eigenvalue weighted by atomic mass is 10.2. The quantitative estimate of drug-likeness (QED) is 0.582. The Bertz CT molecular complexity index is 1040. The number of H-pyrrole nitrogens is 1. The van der Waals surface area contributed by atoms with E-state index in [1.165, 1.54) is 12.1 Å². The van der Waals surface area contributed by atoms with Gasteiger partial charge < -0.3 is 14.7 Å². The van der Waals surface area contributed by atoms with Crippen molar-refractivity contribution in [1.82, 2.24) is 24.7 Å². The van der Waals surface area contributed by atoms with E-state index in [1.54, 1.807) is 47.4 Å². The van der Waals surface area contributed by atoms with E-state index in [0.717, 1.165) is 22.6 Å². The number of nitrogens with zero attached hydrogens (tertiary/aromatic N) is 3. The van der Waals surface area contributed by atoms with Crippen LogP contribution in [0.25, 0.3) is 16.9 Å². The molecule has 7 heteroatoms. The first-order valence-corrected chi connectivity index (χ1v) is 8.19. The standard InChI is InChI=1S/C19H16FN5O/c20-15-4-1-13(2-5-15)17-11-25-10-14(3-6-18(25)24-17)19(26)22-8-7-16-9-21-12-23-16/h1-6,9-12H,7-8H2,(H,21,23)(H,22,26). The number of fused-ring (bicyclic) bond motifs is 1. The second-order valence-corrected chi connectivity index (χ2v) is 5.90. The van der Waals surface area contributed by atoms with Crippen LogP contribution in [0, 0.1) is 5.82 Å². The first kappa shape index (κ1) is 16.0. The summed E-state index contributed by atoms with van der Waals surface area (Å²) in [6, 6.07) is 9.69. The van der Waals surface area contributed by atoms with Gasteiger partial charge in [0, 0.05) is 42.8 Å². The van der Waals surface area contributed by atoms with Gasteiger partial charge in [-0.25, -0.2) is 14.4 Å². The smallest absolute Gasteiger partial charge is 0.252 e. The van der Waals surface area contributed by atoms with Crippen molar-refractivity contribution in [2.45, 2.75) is 6.42 Å². The molecule has 26 heavy (non-hydrogen) atoms. The van der Waals surface area contributed by atoms with Gasteiger partial charge in [0.05, 0.1) is 17.6 Å². The molecule has 4 aromatic rings. The summed E-state index contributed by atoms with van der Waals surface area (Å²) in [5.41, 5.74) is 3.78. The van der Waals surface area contributed by atoms with Crippen LogP contribution in [-0.4, -0.2) is 31.8 Å². The highest BCUT2D eigenvalue weighted by Gasteiger charge is 2.09. The fourth-order valence-electron chi connectivity index (χ4n) is 2.72. The maximum Gasteiger partial charge on any atom is 0.252 e. The Morgan fingerprint density at radius 1 is 1.15 bits per heavy atom. The number of aromatic nitrogens is 4. The van der Waals surface area contributed by atoms with Gasteiger partial charge in [-0.3, -0.25) is 4.79 Å². The van der Waals surface area contributed by atoms with E-state index < -0.39 is 0 Å². The third-order valence-corrected chi connectivity index (χ3v) is 4.09. The maximum absolute atomic E-state index is 13.1. The molecular formula is C19H16FN5O. The summed E-state index contributed by atoms with van der Waals surface area (Å²) in [5, 5.41) is 2.88. The molecule has 0 saturated heterocycles. The van der Waals surface area contributed by atoms with E-state index in [4.69, 9.17) is 0 Å². The highest BCUT2D eigenvalue weighted by molar-refractivity contribution is 5.94. The zero-order valence-corrected chi connectivity index (χ0v) is 13.8. The summed E-state index contributed by atoms with van der Waals surface area (Å²) < 4.78 is 14.9. The Morgan fingerprint density at radius 2 is 2.00 bits per heavy atom. The summed E-state index contributed by atoms with van der Waals surface area (Å²) in [4.78, 5) is 23.8. The Hall–Kier alpha value is -3.48. The van der Waals surface area contributed by atoms with Crippen molar-refractivity contribution in [3.8, 4) is 11.3 Å². The summed E-state index contributed by atoms with van der Waals surface area (Å²) in [6.07, 6.45) is 7.60. The van der Waals surface area contributed by atoms with Crippen molar-refractivity contribution in [2.24, 2.45) is 0 Å². The molecule has 2 N–H and O–H groups in total. The van der Waals surface area contributed by atoms with Crippen molar-refractivity contribution in [2.75, 3.05) is 6.54 Å². The summed E-state index contributed by atoms with van der Waals surface area (Å²) >= 11 is 0. The molecule has 3 aromatic heterocycles. The fourth-order valence-corrected chi connectivity index (χ4v) is 2.72. The predicted molar refractivity (Wildman–Crippen MR) is 95.2 cm³/mol. The lowest BCUT2D eigenvalue weighted by Crippen LogP contribution is -2.26. The van der Waals surface area contributed by atoms with Gasteiger partial charge in [-0.2, -0.15) is 0 Å². The summed E-state index contributed by atoms with van der Waals surface area (Å²) in [6.45, 7) is 0.518. The van der Waals surface area contributed by atoms with Gasteiger partial charge in [-0.1, -0.05) is 0 Å². The van der Waals surface area contributed by atoms with Gasteiger partial charge in [0.2, 0.25) is 0 Å². The number of amides is 1. The van der Waals surface area contributed by atoms with Gasteiger partial charge in [0.1, 0.15) is 11.5 Å². The lowest BCUT2D eigenvalue weighted by Gasteiger charge is -2.04. The van der Waals surface area contributed by atoms with Crippen molar-refractivity contribution >= 4 is 11.6 Å². The van der Waals surface area contributed by atoms with Gasteiger partial charge in [0.15, 0.2) is 0 Å². The number of hydrogen-bond donors (Lipinski definition) is 2. The summed E-state index contributed by atoms with van der Waals surface area (Å²) in [5.74, 6) is -0.435. The van der Waals surface area contributed by atoms with Gasteiger partial charge in [0.25, 0.3) is 5.91 Å². The molecule has 1 aromatic carbocycles. The topological polar surface area (TPSA) is 75.1 Å². The molecule has 6 nitrogen and oxygen atoms in total. The zero-order valence-electron chi connectivity index (χ0n) is 13.8. The SMILES string of the molecule is O=C(NCCc1cnc[nH]1)c1ccc2nc(-c3ccc(F)cc3)cn2c1. The minimum absolute atomic E-state index is 0.150. The Kier molecular flexibility index (Phi) is 4.18. The second-order valence-electron chi connectivity index (χ2n) is 5.90. The van der Waals surface area contributed by atoms with E-state index in [1.807, 2.05) is 6.20 Å². The Labute approximate surface area is 148 Å². The van der Waals surface area contributed by atoms with Crippen molar-refractivity contribution in [3.05, 3.63) is 78.4 Å². The molecular weight excluding hydrogens is 333 g/mol. The number of aromatic amines is 1. The highest BCUT2D eigenvalue weighted by Crippen LogP contribution is 2.20. The number of rotatable bonds is 5. The number of imidazole rings is 2. The molecule has 130 valence electrons. The number of halogens is 1. The van der Waals surface area contributed by atoms with E-state index in [0.29, 0.717) is 18.5 Å². The van der Waals surface area contributed by atoms with Crippen molar-refractivity contribution in [1.29, 1.82) is 0 Å². The van der Waals surface area contributed by atoms with Crippen LogP contribution >= 0.6 is 0 Å². The van der Waals surface area contributed by atoms with E-state index in [2.05, 4.69) is 20.3 Å². The van der Waals surface area contributed by atoms with Crippen LogP contribution in [0.5, 0.6) is 0 Å². The number of benzene rings is 1. The average Bonchev–Trinajstić information content (AvgIpc) is 3.31. The molecule has 0 bridgehead atoms. The largest absolute Gasteiger partial charge is 0.352 e. The predicted octanol–water partition coefficient (Wildman–Crippen LogP) is 2.84.